The molecule has 8 heteroatoms. The van der Waals surface area contributed by atoms with Crippen molar-refractivity contribution in [1.82, 2.24) is 20.3 Å². The maximum atomic E-state index is 11.9. The molecule has 0 radical (unpaired) electrons. The Labute approximate surface area is 110 Å². The Bertz CT molecular complexity index is 473. The Morgan fingerprint density at radius 3 is 2.95 bits per heavy atom. The van der Waals surface area contributed by atoms with Gasteiger partial charge in [-0.1, -0.05) is 11.6 Å². The molecule has 19 heavy (non-hydrogen) atoms. The van der Waals surface area contributed by atoms with E-state index in [4.69, 9.17) is 10.8 Å². The Morgan fingerprint density at radius 2 is 2.32 bits per heavy atom. The van der Waals surface area contributed by atoms with Crippen molar-refractivity contribution in [1.29, 1.82) is 0 Å². The first-order valence-corrected chi connectivity index (χ1v) is 6.20. The second-order valence-electron chi connectivity index (χ2n) is 4.72. The van der Waals surface area contributed by atoms with Gasteiger partial charge in [0.25, 0.3) is 0 Å². The molecule has 2 unspecified atom stereocenters. The maximum Gasteiger partial charge on any atom is 0.325 e. The van der Waals surface area contributed by atoms with Gasteiger partial charge in [-0.2, -0.15) is 0 Å². The van der Waals surface area contributed by atoms with E-state index in [0.717, 1.165) is 19.3 Å². The van der Waals surface area contributed by atoms with E-state index in [0.29, 0.717) is 5.69 Å². The van der Waals surface area contributed by atoms with Crippen molar-refractivity contribution in [2.24, 2.45) is 11.7 Å². The molecule has 8 nitrogen and oxygen atoms in total. The summed E-state index contributed by atoms with van der Waals surface area (Å²) in [5.41, 5.74) is 6.38. The van der Waals surface area contributed by atoms with Gasteiger partial charge in [0.2, 0.25) is 5.91 Å². The predicted octanol–water partition coefficient (Wildman–Crippen LogP) is -0.894. The number of hydrogen-bond donors (Lipinski definition) is 3. The summed E-state index contributed by atoms with van der Waals surface area (Å²) in [4.78, 5) is 22.4. The minimum Gasteiger partial charge on any atom is -0.480 e. The average molecular weight is 267 g/mol. The monoisotopic (exact) mass is 267 g/mol. The molecule has 0 aromatic carbocycles. The molecule has 1 aliphatic rings. The van der Waals surface area contributed by atoms with Crippen LogP contribution in [-0.2, 0) is 22.7 Å². The van der Waals surface area contributed by atoms with Crippen molar-refractivity contribution in [2.45, 2.75) is 38.4 Å². The lowest BCUT2D eigenvalue weighted by molar-refractivity contribution is -0.138. The Morgan fingerprint density at radius 1 is 1.53 bits per heavy atom. The van der Waals surface area contributed by atoms with E-state index in [-0.39, 0.29) is 31.0 Å². The molecular weight excluding hydrogens is 250 g/mol. The summed E-state index contributed by atoms with van der Waals surface area (Å²) in [6, 6.07) is -0.0670. The number of nitrogens with two attached hydrogens (primary N) is 1. The van der Waals surface area contributed by atoms with E-state index < -0.39 is 5.97 Å². The Kier molecular flexibility index (Phi) is 4.10. The molecule has 1 heterocycles. The number of carboxylic acids is 1. The molecule has 1 fully saturated rings. The topological polar surface area (TPSA) is 123 Å². The second kappa shape index (κ2) is 5.79. The van der Waals surface area contributed by atoms with E-state index in [1.807, 2.05) is 0 Å². The zero-order valence-corrected chi connectivity index (χ0v) is 10.5. The minimum absolute atomic E-state index is 0.0670. The number of carbonyl (C=O) groups is 2. The fraction of sp³-hybridized carbons (Fsp3) is 0.636. The van der Waals surface area contributed by atoms with Crippen molar-refractivity contribution < 1.29 is 14.7 Å². The Hall–Kier alpha value is -1.96. The molecule has 0 aliphatic heterocycles. The smallest absolute Gasteiger partial charge is 0.325 e. The molecule has 1 aliphatic carbocycles. The lowest BCUT2D eigenvalue weighted by atomic mass is 10.0. The molecule has 104 valence electrons. The molecule has 0 spiro atoms. The predicted molar refractivity (Wildman–Crippen MR) is 64.8 cm³/mol. The zero-order valence-electron chi connectivity index (χ0n) is 10.5. The van der Waals surface area contributed by atoms with E-state index >= 15 is 0 Å². The maximum absolute atomic E-state index is 11.9. The number of aliphatic carboxylic acids is 1. The van der Waals surface area contributed by atoms with Gasteiger partial charge >= 0.3 is 5.97 Å². The van der Waals surface area contributed by atoms with Crippen LogP contribution in [0.3, 0.4) is 0 Å². The first kappa shape index (κ1) is 13.5. The molecule has 0 saturated heterocycles. The number of rotatable bonds is 5. The fourth-order valence-corrected chi connectivity index (χ4v) is 2.26. The molecule has 2 rings (SSSR count). The first-order chi connectivity index (χ1) is 9.06. The molecule has 1 aromatic heterocycles. The van der Waals surface area contributed by atoms with E-state index in [1.54, 1.807) is 0 Å². The highest BCUT2D eigenvalue weighted by atomic mass is 16.4. The first-order valence-electron chi connectivity index (χ1n) is 6.20. The molecule has 4 N–H and O–H groups in total. The number of nitrogens with one attached hydrogen (secondary N) is 1. The van der Waals surface area contributed by atoms with Gasteiger partial charge in [0.15, 0.2) is 0 Å². The molecule has 1 aromatic rings. The molecule has 1 amide bonds. The number of carboxylic acid groups (broad SMARTS) is 1. The van der Waals surface area contributed by atoms with E-state index in [1.165, 1.54) is 10.9 Å². The van der Waals surface area contributed by atoms with Gasteiger partial charge in [0, 0.05) is 6.04 Å². The van der Waals surface area contributed by atoms with Crippen molar-refractivity contribution in [3.63, 3.8) is 0 Å². The number of amides is 1. The van der Waals surface area contributed by atoms with Crippen molar-refractivity contribution in [2.75, 3.05) is 0 Å². The quantitative estimate of drug-likeness (QED) is 0.635. The van der Waals surface area contributed by atoms with Crippen LogP contribution in [0.2, 0.25) is 0 Å². The third-order valence-corrected chi connectivity index (χ3v) is 3.23. The van der Waals surface area contributed by atoms with Crippen molar-refractivity contribution in [3.8, 4) is 0 Å². The normalized spacial score (nSPS) is 22.4. The molecule has 0 bridgehead atoms. The van der Waals surface area contributed by atoms with Gasteiger partial charge in [-0.05, 0) is 12.8 Å². The number of hydrogen-bond acceptors (Lipinski definition) is 5. The van der Waals surface area contributed by atoms with Crippen LogP contribution < -0.4 is 11.1 Å². The highest BCUT2D eigenvalue weighted by Gasteiger charge is 2.29. The SMILES string of the molecule is NC1CCCC1C(=O)NCc1cn(CC(=O)O)nn1. The number of carbonyl (C=O) groups excluding carboxylic acids is 1. The summed E-state index contributed by atoms with van der Waals surface area (Å²) < 4.78 is 1.21. The summed E-state index contributed by atoms with van der Waals surface area (Å²) >= 11 is 0. The summed E-state index contributed by atoms with van der Waals surface area (Å²) in [5.74, 6) is -1.19. The second-order valence-corrected chi connectivity index (χ2v) is 4.72. The van der Waals surface area contributed by atoms with Crippen LogP contribution >= 0.6 is 0 Å². The van der Waals surface area contributed by atoms with Gasteiger partial charge in [0.1, 0.15) is 12.2 Å². The van der Waals surface area contributed by atoms with Crippen molar-refractivity contribution >= 4 is 11.9 Å². The van der Waals surface area contributed by atoms with Crippen LogP contribution in [0, 0.1) is 5.92 Å². The summed E-state index contributed by atoms with van der Waals surface area (Å²) in [5, 5.41) is 18.8. The van der Waals surface area contributed by atoms with Gasteiger partial charge < -0.3 is 16.2 Å². The molecule has 1 saturated carbocycles. The molecular formula is C11H17N5O3. The van der Waals surface area contributed by atoms with Crippen LogP contribution in [0.4, 0.5) is 0 Å². The van der Waals surface area contributed by atoms with Crippen LogP contribution in [-0.4, -0.2) is 38.0 Å². The zero-order chi connectivity index (χ0) is 13.8. The largest absolute Gasteiger partial charge is 0.480 e. The van der Waals surface area contributed by atoms with E-state index in [9.17, 15) is 9.59 Å². The number of nitrogens with zero attached hydrogens (tertiary/aromatic N) is 3. The summed E-state index contributed by atoms with van der Waals surface area (Å²) in [7, 11) is 0. The lowest BCUT2D eigenvalue weighted by Crippen LogP contribution is -2.38. The molecule has 2 atom stereocenters. The summed E-state index contributed by atoms with van der Waals surface area (Å²) in [6.45, 7) is -0.00385. The third kappa shape index (κ3) is 3.50. The lowest BCUT2D eigenvalue weighted by Gasteiger charge is -2.14. The van der Waals surface area contributed by atoms with Crippen LogP contribution in [0.15, 0.2) is 6.20 Å². The highest BCUT2D eigenvalue weighted by Crippen LogP contribution is 2.23. The van der Waals surface area contributed by atoms with Gasteiger partial charge in [0.05, 0.1) is 18.7 Å². The van der Waals surface area contributed by atoms with Crippen LogP contribution in [0.1, 0.15) is 25.0 Å². The minimum atomic E-state index is -0.989. The van der Waals surface area contributed by atoms with E-state index in [2.05, 4.69) is 15.6 Å². The summed E-state index contributed by atoms with van der Waals surface area (Å²) in [6.07, 6.45) is 4.18. The highest BCUT2D eigenvalue weighted by molar-refractivity contribution is 5.79. The van der Waals surface area contributed by atoms with Gasteiger partial charge in [-0.25, -0.2) is 4.68 Å². The fourth-order valence-electron chi connectivity index (χ4n) is 2.26. The van der Waals surface area contributed by atoms with Crippen LogP contribution in [0.25, 0.3) is 0 Å². The Balaban J connectivity index is 1.83. The third-order valence-electron chi connectivity index (χ3n) is 3.23. The van der Waals surface area contributed by atoms with Crippen molar-refractivity contribution in [3.05, 3.63) is 11.9 Å². The van der Waals surface area contributed by atoms with Gasteiger partial charge in [-0.3, -0.25) is 9.59 Å². The standard InChI is InChI=1S/C11H17N5O3/c12-9-3-1-2-8(9)11(19)13-4-7-5-16(15-14-7)6-10(17)18/h5,8-9H,1-4,6,12H2,(H,13,19)(H,17,18). The number of aromatic nitrogens is 3. The van der Waals surface area contributed by atoms with Crippen LogP contribution in [0.5, 0.6) is 0 Å². The average Bonchev–Trinajstić information content (AvgIpc) is 2.94. The van der Waals surface area contributed by atoms with Gasteiger partial charge in [-0.15, -0.1) is 5.10 Å².